The van der Waals surface area contributed by atoms with Gasteiger partial charge in [-0.1, -0.05) is 18.2 Å². The van der Waals surface area contributed by atoms with Gasteiger partial charge in [-0.2, -0.15) is 21.6 Å². The highest BCUT2D eigenvalue weighted by Gasteiger charge is 2.46. The molecule has 0 saturated heterocycles. The van der Waals surface area contributed by atoms with Crippen molar-refractivity contribution in [1.82, 2.24) is 4.90 Å². The van der Waals surface area contributed by atoms with Gasteiger partial charge in [0.25, 0.3) is 5.91 Å². The van der Waals surface area contributed by atoms with E-state index >= 15 is 0 Å². The summed E-state index contributed by atoms with van der Waals surface area (Å²) < 4.78 is 90.8. The molecule has 1 amide bonds. The predicted molar refractivity (Wildman–Crippen MR) is 94.6 cm³/mol. The summed E-state index contributed by atoms with van der Waals surface area (Å²) in [7, 11) is -5.67. The smallest absolute Gasteiger partial charge is 0.334 e. The van der Waals surface area contributed by atoms with E-state index in [0.717, 1.165) is 17.0 Å². The number of carbonyl (C=O) groups excluding carboxylic acids is 1. The van der Waals surface area contributed by atoms with Crippen LogP contribution in [0.5, 0.6) is 0 Å². The maximum atomic E-state index is 14.1. The number of amides is 1. The first kappa shape index (κ1) is 21.0. The molecule has 0 unspecified atom stereocenters. The van der Waals surface area contributed by atoms with Gasteiger partial charge in [-0.3, -0.25) is 9.52 Å². The van der Waals surface area contributed by atoms with E-state index in [1.165, 1.54) is 29.8 Å². The molecule has 1 aliphatic heterocycles. The summed E-state index contributed by atoms with van der Waals surface area (Å²) in [4.78, 5) is 13.8. The molecule has 0 radical (unpaired) electrons. The molecule has 0 aliphatic carbocycles. The molecule has 0 fully saturated rings. The Bertz CT molecular complexity index is 1080. The molecule has 0 atom stereocenters. The number of hydrogen-bond acceptors (Lipinski definition) is 3. The highest BCUT2D eigenvalue weighted by atomic mass is 32.2. The second-order valence-corrected chi connectivity index (χ2v) is 8.19. The van der Waals surface area contributed by atoms with Crippen molar-refractivity contribution in [3.8, 4) is 0 Å². The summed E-state index contributed by atoms with van der Waals surface area (Å²) >= 11 is 0. The fourth-order valence-corrected chi connectivity index (χ4v) is 3.81. The number of rotatable bonds is 4. The van der Waals surface area contributed by atoms with Crippen molar-refractivity contribution >= 4 is 21.6 Å². The normalized spacial score (nSPS) is 14.7. The largest absolute Gasteiger partial charge is 0.516 e. The number of aryl methyl sites for hydroxylation is 1. The predicted octanol–water partition coefficient (Wildman–Crippen LogP) is 3.73. The number of nitrogens with zero attached hydrogens (tertiary/aromatic N) is 1. The summed E-state index contributed by atoms with van der Waals surface area (Å²) in [6.07, 6.45) is 0.0140. The van der Waals surface area contributed by atoms with Crippen LogP contribution in [0.25, 0.3) is 0 Å². The number of hydrogen-bond donors (Lipinski definition) is 1. The molecule has 0 aromatic heterocycles. The molecule has 0 saturated carbocycles. The number of halogens is 5. The number of benzene rings is 2. The van der Waals surface area contributed by atoms with Crippen molar-refractivity contribution in [3.05, 3.63) is 64.2 Å². The third-order valence-corrected chi connectivity index (χ3v) is 5.68. The van der Waals surface area contributed by atoms with Gasteiger partial charge in [-0.05, 0) is 36.6 Å². The van der Waals surface area contributed by atoms with E-state index in [-0.39, 0.29) is 41.9 Å². The van der Waals surface area contributed by atoms with Crippen molar-refractivity contribution in [2.75, 3.05) is 11.3 Å². The number of nitrogens with one attached hydrogen (secondary N) is 1. The Morgan fingerprint density at radius 3 is 2.41 bits per heavy atom. The molecule has 0 bridgehead atoms. The van der Waals surface area contributed by atoms with E-state index in [1.54, 1.807) is 0 Å². The van der Waals surface area contributed by atoms with Gasteiger partial charge in [0, 0.05) is 18.7 Å². The van der Waals surface area contributed by atoms with E-state index in [1.807, 2.05) is 0 Å². The Labute approximate surface area is 163 Å². The molecule has 1 N–H and O–H groups in total. The Morgan fingerprint density at radius 2 is 1.76 bits per heavy atom. The van der Waals surface area contributed by atoms with E-state index in [2.05, 4.69) is 0 Å². The van der Waals surface area contributed by atoms with Crippen LogP contribution < -0.4 is 4.72 Å². The summed E-state index contributed by atoms with van der Waals surface area (Å²) in [5, 5.41) is 0. The standard InChI is InChI=1S/C18H15F5N2O3S/c1-10-3-2-4-11(16(10)24-29(27,28)18(21,22)23)9-25-8-7-12-13(19)5-6-14(20)15(12)17(25)26/h2-6,24H,7-9H2,1H3. The number of alkyl halides is 3. The SMILES string of the molecule is Cc1cccc(CN2CCc3c(F)ccc(F)c3C2=O)c1NS(=O)(=O)C(F)(F)F. The molecule has 5 nitrogen and oxygen atoms in total. The topological polar surface area (TPSA) is 66.5 Å². The minimum absolute atomic E-state index is 0.00832. The first-order chi connectivity index (χ1) is 13.4. The molecule has 2 aromatic rings. The summed E-state index contributed by atoms with van der Waals surface area (Å²) in [6.45, 7) is 1.11. The lowest BCUT2D eigenvalue weighted by Crippen LogP contribution is -2.38. The lowest BCUT2D eigenvalue weighted by molar-refractivity contribution is -0.0429. The summed E-state index contributed by atoms with van der Waals surface area (Å²) in [5.74, 6) is -2.45. The fourth-order valence-electron chi connectivity index (χ4n) is 3.13. The van der Waals surface area contributed by atoms with E-state index < -0.39 is 38.6 Å². The Balaban J connectivity index is 1.95. The molecule has 2 aromatic carbocycles. The van der Waals surface area contributed by atoms with Crippen molar-refractivity contribution < 1.29 is 35.2 Å². The van der Waals surface area contributed by atoms with Gasteiger partial charge in [0.1, 0.15) is 11.6 Å². The molecule has 0 spiro atoms. The summed E-state index contributed by atoms with van der Waals surface area (Å²) in [5.41, 5.74) is -6.03. The van der Waals surface area contributed by atoms with Crippen molar-refractivity contribution in [2.24, 2.45) is 0 Å². The zero-order valence-corrected chi connectivity index (χ0v) is 15.8. The quantitative estimate of drug-likeness (QED) is 0.746. The zero-order valence-electron chi connectivity index (χ0n) is 15.0. The summed E-state index contributed by atoms with van der Waals surface area (Å²) in [6, 6.07) is 5.98. The molecule has 156 valence electrons. The van der Waals surface area contributed by atoms with Gasteiger partial charge in [-0.25, -0.2) is 8.78 Å². The van der Waals surface area contributed by atoms with Crippen LogP contribution in [0, 0.1) is 18.6 Å². The Kier molecular flexibility index (Phi) is 5.28. The van der Waals surface area contributed by atoms with Gasteiger partial charge in [0.15, 0.2) is 0 Å². The van der Waals surface area contributed by atoms with Gasteiger partial charge in [0.2, 0.25) is 0 Å². The molecular formula is C18H15F5N2O3S. The number of fused-ring (bicyclic) bond motifs is 1. The van der Waals surface area contributed by atoms with Crippen LogP contribution in [-0.4, -0.2) is 31.3 Å². The fraction of sp³-hybridized carbons (Fsp3) is 0.278. The maximum absolute atomic E-state index is 14.1. The first-order valence-electron chi connectivity index (χ1n) is 8.36. The third-order valence-electron chi connectivity index (χ3n) is 4.60. The average Bonchev–Trinajstić information content (AvgIpc) is 2.62. The maximum Gasteiger partial charge on any atom is 0.516 e. The van der Waals surface area contributed by atoms with Gasteiger partial charge in [0.05, 0.1) is 11.3 Å². The monoisotopic (exact) mass is 434 g/mol. The molecule has 1 heterocycles. The van der Waals surface area contributed by atoms with Crippen molar-refractivity contribution in [3.63, 3.8) is 0 Å². The molecule has 11 heteroatoms. The molecule has 1 aliphatic rings. The Morgan fingerprint density at radius 1 is 1.10 bits per heavy atom. The van der Waals surface area contributed by atoms with Gasteiger partial charge in [-0.15, -0.1) is 0 Å². The van der Waals surface area contributed by atoms with E-state index in [0.29, 0.717) is 0 Å². The third kappa shape index (κ3) is 3.91. The van der Waals surface area contributed by atoms with Crippen LogP contribution in [0.1, 0.15) is 27.0 Å². The van der Waals surface area contributed by atoms with Crippen molar-refractivity contribution in [2.45, 2.75) is 25.4 Å². The molecule has 29 heavy (non-hydrogen) atoms. The van der Waals surface area contributed by atoms with Crippen molar-refractivity contribution in [1.29, 1.82) is 0 Å². The minimum Gasteiger partial charge on any atom is -0.334 e. The highest BCUT2D eigenvalue weighted by Crippen LogP contribution is 2.31. The van der Waals surface area contributed by atoms with Crippen LogP contribution in [-0.2, 0) is 23.0 Å². The van der Waals surface area contributed by atoms with Crippen LogP contribution >= 0.6 is 0 Å². The zero-order chi connectivity index (χ0) is 21.6. The van der Waals surface area contributed by atoms with Gasteiger partial charge >= 0.3 is 15.5 Å². The van der Waals surface area contributed by atoms with Crippen LogP contribution in [0.2, 0.25) is 0 Å². The second-order valence-electron chi connectivity index (χ2n) is 6.52. The van der Waals surface area contributed by atoms with E-state index in [4.69, 9.17) is 0 Å². The lowest BCUT2D eigenvalue weighted by atomic mass is 9.97. The number of sulfonamides is 1. The number of anilines is 1. The number of para-hydroxylation sites is 1. The van der Waals surface area contributed by atoms with Crippen LogP contribution in [0.15, 0.2) is 30.3 Å². The minimum atomic E-state index is -5.67. The Hall–Kier alpha value is -2.69. The second kappa shape index (κ2) is 7.29. The molecule has 3 rings (SSSR count). The van der Waals surface area contributed by atoms with Gasteiger partial charge < -0.3 is 4.90 Å². The lowest BCUT2D eigenvalue weighted by Gasteiger charge is -2.30. The average molecular weight is 434 g/mol. The first-order valence-corrected chi connectivity index (χ1v) is 9.84. The van der Waals surface area contributed by atoms with Crippen LogP contribution in [0.3, 0.4) is 0 Å². The molecular weight excluding hydrogens is 419 g/mol. The highest BCUT2D eigenvalue weighted by molar-refractivity contribution is 7.93. The van der Waals surface area contributed by atoms with E-state index in [9.17, 15) is 35.2 Å². The van der Waals surface area contributed by atoms with Crippen LogP contribution in [0.4, 0.5) is 27.6 Å². The number of carbonyl (C=O) groups is 1.